The standard InChI is InChI=1S/C18H23NO/c1-5-20-18-11-14(3)16(10-15(18)4)12-19-17-8-6-13(2)7-9-17/h6-11,19H,5,12H2,1-4H3. The fraction of sp³-hybridized carbons (Fsp3) is 0.333. The lowest BCUT2D eigenvalue weighted by atomic mass is 10.0. The van der Waals surface area contributed by atoms with Crippen LogP contribution in [-0.2, 0) is 6.54 Å². The molecule has 0 heterocycles. The van der Waals surface area contributed by atoms with Gasteiger partial charge in [0.2, 0.25) is 0 Å². The molecule has 2 heteroatoms. The van der Waals surface area contributed by atoms with Gasteiger partial charge >= 0.3 is 0 Å². The molecule has 0 saturated carbocycles. The highest BCUT2D eigenvalue weighted by molar-refractivity contribution is 5.47. The Bertz CT molecular complexity index is 573. The molecule has 0 atom stereocenters. The number of anilines is 1. The Morgan fingerprint density at radius 3 is 2.30 bits per heavy atom. The largest absolute Gasteiger partial charge is 0.494 e. The third-order valence-electron chi connectivity index (χ3n) is 3.47. The minimum absolute atomic E-state index is 0.710. The second-order valence-corrected chi connectivity index (χ2v) is 5.20. The summed E-state index contributed by atoms with van der Waals surface area (Å²) >= 11 is 0. The van der Waals surface area contributed by atoms with Crippen molar-refractivity contribution in [1.82, 2.24) is 0 Å². The molecule has 106 valence electrons. The molecule has 20 heavy (non-hydrogen) atoms. The summed E-state index contributed by atoms with van der Waals surface area (Å²) in [4.78, 5) is 0. The first-order valence-electron chi connectivity index (χ1n) is 7.13. The van der Waals surface area contributed by atoms with Gasteiger partial charge in [-0.05, 0) is 62.6 Å². The van der Waals surface area contributed by atoms with Crippen LogP contribution in [0.1, 0.15) is 29.2 Å². The zero-order valence-corrected chi connectivity index (χ0v) is 12.8. The van der Waals surface area contributed by atoms with Crippen molar-refractivity contribution in [1.29, 1.82) is 0 Å². The van der Waals surface area contributed by atoms with Crippen molar-refractivity contribution in [3.8, 4) is 5.75 Å². The molecule has 0 bridgehead atoms. The Balaban J connectivity index is 2.09. The monoisotopic (exact) mass is 269 g/mol. The minimum Gasteiger partial charge on any atom is -0.494 e. The van der Waals surface area contributed by atoms with E-state index in [1.165, 1.54) is 22.3 Å². The molecule has 0 radical (unpaired) electrons. The fourth-order valence-corrected chi connectivity index (χ4v) is 2.22. The maximum Gasteiger partial charge on any atom is 0.122 e. The summed E-state index contributed by atoms with van der Waals surface area (Å²) in [6.07, 6.45) is 0. The van der Waals surface area contributed by atoms with E-state index in [2.05, 4.69) is 62.5 Å². The van der Waals surface area contributed by atoms with Gasteiger partial charge in [0.25, 0.3) is 0 Å². The Morgan fingerprint density at radius 2 is 1.65 bits per heavy atom. The molecule has 0 aliphatic rings. The number of ether oxygens (including phenoxy) is 1. The first kappa shape index (κ1) is 14.4. The second-order valence-electron chi connectivity index (χ2n) is 5.20. The molecule has 0 saturated heterocycles. The molecular formula is C18H23NO. The first-order chi connectivity index (χ1) is 9.60. The van der Waals surface area contributed by atoms with Crippen LogP contribution in [-0.4, -0.2) is 6.61 Å². The van der Waals surface area contributed by atoms with Crippen LogP contribution in [0, 0.1) is 20.8 Å². The molecule has 0 aliphatic heterocycles. The highest BCUT2D eigenvalue weighted by Crippen LogP contribution is 2.23. The summed E-state index contributed by atoms with van der Waals surface area (Å²) in [5.41, 5.74) is 6.20. The van der Waals surface area contributed by atoms with Crippen LogP contribution in [0.3, 0.4) is 0 Å². The van der Waals surface area contributed by atoms with E-state index in [1.807, 2.05) is 6.92 Å². The van der Waals surface area contributed by atoms with Crippen LogP contribution in [0.4, 0.5) is 5.69 Å². The normalized spacial score (nSPS) is 10.4. The average molecular weight is 269 g/mol. The molecule has 0 spiro atoms. The number of benzene rings is 2. The van der Waals surface area contributed by atoms with Gasteiger partial charge in [-0.2, -0.15) is 0 Å². The summed E-state index contributed by atoms with van der Waals surface area (Å²) in [5, 5.41) is 3.47. The van der Waals surface area contributed by atoms with Crippen LogP contribution < -0.4 is 10.1 Å². The molecule has 0 amide bonds. The van der Waals surface area contributed by atoms with Crippen molar-refractivity contribution in [2.45, 2.75) is 34.2 Å². The lowest BCUT2D eigenvalue weighted by Crippen LogP contribution is -2.03. The van der Waals surface area contributed by atoms with Gasteiger partial charge in [-0.15, -0.1) is 0 Å². The SMILES string of the molecule is CCOc1cc(C)c(CNc2ccc(C)cc2)cc1C. The van der Waals surface area contributed by atoms with E-state index in [0.29, 0.717) is 6.61 Å². The molecule has 2 aromatic rings. The molecular weight excluding hydrogens is 246 g/mol. The zero-order valence-electron chi connectivity index (χ0n) is 12.8. The van der Waals surface area contributed by atoms with E-state index >= 15 is 0 Å². The van der Waals surface area contributed by atoms with Crippen LogP contribution in [0.15, 0.2) is 36.4 Å². The smallest absolute Gasteiger partial charge is 0.122 e. The third-order valence-corrected chi connectivity index (χ3v) is 3.47. The number of hydrogen-bond acceptors (Lipinski definition) is 2. The van der Waals surface area contributed by atoms with Gasteiger partial charge in [0.05, 0.1) is 6.61 Å². The van der Waals surface area contributed by atoms with Crippen LogP contribution >= 0.6 is 0 Å². The van der Waals surface area contributed by atoms with Crippen molar-refractivity contribution < 1.29 is 4.74 Å². The molecule has 2 aromatic carbocycles. The quantitative estimate of drug-likeness (QED) is 0.855. The lowest BCUT2D eigenvalue weighted by molar-refractivity contribution is 0.337. The minimum atomic E-state index is 0.710. The molecule has 0 unspecified atom stereocenters. The lowest BCUT2D eigenvalue weighted by Gasteiger charge is -2.14. The molecule has 1 N–H and O–H groups in total. The van der Waals surface area contributed by atoms with Gasteiger partial charge < -0.3 is 10.1 Å². The summed E-state index contributed by atoms with van der Waals surface area (Å²) in [6, 6.07) is 12.8. The Hall–Kier alpha value is -1.96. The maximum absolute atomic E-state index is 5.63. The van der Waals surface area contributed by atoms with Gasteiger partial charge in [0.15, 0.2) is 0 Å². The van der Waals surface area contributed by atoms with Gasteiger partial charge in [0, 0.05) is 12.2 Å². The van der Waals surface area contributed by atoms with Crippen LogP contribution in [0.25, 0.3) is 0 Å². The predicted octanol–water partition coefficient (Wildman–Crippen LogP) is 4.62. The van der Waals surface area contributed by atoms with E-state index in [1.54, 1.807) is 0 Å². The van der Waals surface area contributed by atoms with E-state index in [0.717, 1.165) is 18.0 Å². The number of aryl methyl sites for hydroxylation is 3. The molecule has 0 aliphatic carbocycles. The number of nitrogens with one attached hydrogen (secondary N) is 1. The van der Waals surface area contributed by atoms with E-state index in [9.17, 15) is 0 Å². The molecule has 2 nitrogen and oxygen atoms in total. The summed E-state index contributed by atoms with van der Waals surface area (Å²) < 4.78 is 5.63. The van der Waals surface area contributed by atoms with E-state index < -0.39 is 0 Å². The summed E-state index contributed by atoms with van der Waals surface area (Å²) in [6.45, 7) is 9.89. The fourth-order valence-electron chi connectivity index (χ4n) is 2.22. The highest BCUT2D eigenvalue weighted by atomic mass is 16.5. The Morgan fingerprint density at radius 1 is 0.950 bits per heavy atom. The topological polar surface area (TPSA) is 21.3 Å². The molecule has 0 fully saturated rings. The first-order valence-corrected chi connectivity index (χ1v) is 7.13. The Kier molecular flexibility index (Phi) is 4.67. The van der Waals surface area contributed by atoms with Crippen molar-refractivity contribution in [3.63, 3.8) is 0 Å². The number of rotatable bonds is 5. The summed E-state index contributed by atoms with van der Waals surface area (Å²) in [7, 11) is 0. The van der Waals surface area contributed by atoms with Gasteiger partial charge in [0.1, 0.15) is 5.75 Å². The van der Waals surface area contributed by atoms with Gasteiger partial charge in [-0.3, -0.25) is 0 Å². The molecule has 2 rings (SSSR count). The third kappa shape index (κ3) is 3.53. The van der Waals surface area contributed by atoms with Crippen molar-refractivity contribution in [2.24, 2.45) is 0 Å². The average Bonchev–Trinajstić information content (AvgIpc) is 2.43. The number of hydrogen-bond donors (Lipinski definition) is 1. The van der Waals surface area contributed by atoms with Crippen LogP contribution in [0.2, 0.25) is 0 Å². The summed E-state index contributed by atoms with van der Waals surface area (Å²) in [5.74, 6) is 0.990. The maximum atomic E-state index is 5.63. The van der Waals surface area contributed by atoms with E-state index in [-0.39, 0.29) is 0 Å². The Labute approximate surface area is 121 Å². The van der Waals surface area contributed by atoms with Crippen LogP contribution in [0.5, 0.6) is 5.75 Å². The molecule has 0 aromatic heterocycles. The van der Waals surface area contributed by atoms with Crippen molar-refractivity contribution >= 4 is 5.69 Å². The van der Waals surface area contributed by atoms with Gasteiger partial charge in [-0.1, -0.05) is 23.8 Å². The van der Waals surface area contributed by atoms with Gasteiger partial charge in [-0.25, -0.2) is 0 Å². The van der Waals surface area contributed by atoms with Crippen molar-refractivity contribution in [3.05, 3.63) is 58.7 Å². The zero-order chi connectivity index (χ0) is 14.5. The predicted molar refractivity (Wildman–Crippen MR) is 85.6 cm³/mol. The second kappa shape index (κ2) is 6.47. The van der Waals surface area contributed by atoms with Crippen molar-refractivity contribution in [2.75, 3.05) is 11.9 Å². The highest BCUT2D eigenvalue weighted by Gasteiger charge is 2.05. The van der Waals surface area contributed by atoms with E-state index in [4.69, 9.17) is 4.74 Å².